The van der Waals surface area contributed by atoms with Gasteiger partial charge in [-0.3, -0.25) is 4.79 Å². The van der Waals surface area contributed by atoms with Gasteiger partial charge >= 0.3 is 0 Å². The molecule has 0 aromatic carbocycles. The third-order valence-electron chi connectivity index (χ3n) is 4.15. The summed E-state index contributed by atoms with van der Waals surface area (Å²) in [5.74, 6) is -0.0664. The van der Waals surface area contributed by atoms with Crippen molar-refractivity contribution in [2.75, 3.05) is 19.7 Å². The van der Waals surface area contributed by atoms with Crippen LogP contribution in [-0.2, 0) is 9.53 Å². The number of aliphatic hydroxyl groups excluding tert-OH is 1. The van der Waals surface area contributed by atoms with Crippen molar-refractivity contribution in [1.82, 2.24) is 4.90 Å². The lowest BCUT2D eigenvalue weighted by molar-refractivity contribution is -0.155. The van der Waals surface area contributed by atoms with E-state index in [-0.39, 0.29) is 24.7 Å². The van der Waals surface area contributed by atoms with Crippen molar-refractivity contribution in [3.8, 4) is 6.07 Å². The van der Waals surface area contributed by atoms with Crippen LogP contribution in [-0.4, -0.2) is 47.8 Å². The fourth-order valence-electron chi connectivity index (χ4n) is 3.14. The number of carbonyl (C=O) groups excluding carboxylic acids is 1. The highest BCUT2D eigenvalue weighted by Gasteiger charge is 2.44. The van der Waals surface area contributed by atoms with Gasteiger partial charge < -0.3 is 14.7 Å². The average Bonchev–Trinajstić information content (AvgIpc) is 2.46. The first kappa shape index (κ1) is 14.3. The molecule has 0 bridgehead atoms. The van der Waals surface area contributed by atoms with Crippen molar-refractivity contribution >= 4 is 5.91 Å². The predicted octanol–water partition coefficient (Wildman–Crippen LogP) is 1.07. The summed E-state index contributed by atoms with van der Waals surface area (Å²) in [7, 11) is 0. The maximum absolute atomic E-state index is 12.7. The lowest BCUT2D eigenvalue weighted by Crippen LogP contribution is -2.54. The molecule has 2 rings (SSSR count). The molecule has 0 spiro atoms. The van der Waals surface area contributed by atoms with Crippen LogP contribution in [0.15, 0.2) is 0 Å². The van der Waals surface area contributed by atoms with Gasteiger partial charge in [0.25, 0.3) is 0 Å². The van der Waals surface area contributed by atoms with E-state index in [4.69, 9.17) is 4.74 Å². The molecule has 1 aliphatic heterocycles. The Balaban J connectivity index is 2.11. The van der Waals surface area contributed by atoms with Crippen LogP contribution in [0.1, 0.15) is 39.0 Å². The van der Waals surface area contributed by atoms with Crippen molar-refractivity contribution in [3.63, 3.8) is 0 Å². The molecule has 5 nitrogen and oxygen atoms in total. The van der Waals surface area contributed by atoms with Crippen LogP contribution < -0.4 is 0 Å². The third-order valence-corrected chi connectivity index (χ3v) is 4.15. The summed E-state index contributed by atoms with van der Waals surface area (Å²) in [5, 5.41) is 18.7. The molecule has 2 fully saturated rings. The molecule has 1 saturated heterocycles. The maximum atomic E-state index is 12.7. The van der Waals surface area contributed by atoms with E-state index in [1.165, 1.54) is 0 Å². The van der Waals surface area contributed by atoms with Gasteiger partial charge in [-0.15, -0.1) is 0 Å². The van der Waals surface area contributed by atoms with Gasteiger partial charge in [0.15, 0.2) is 0 Å². The van der Waals surface area contributed by atoms with Gasteiger partial charge in [0.2, 0.25) is 5.91 Å². The largest absolute Gasteiger partial charge is 0.394 e. The minimum Gasteiger partial charge on any atom is -0.394 e. The first-order valence-electron chi connectivity index (χ1n) is 7.08. The highest BCUT2D eigenvalue weighted by molar-refractivity contribution is 5.85. The Morgan fingerprint density at radius 1 is 1.42 bits per heavy atom. The van der Waals surface area contributed by atoms with Crippen molar-refractivity contribution in [2.24, 2.45) is 5.41 Å². The van der Waals surface area contributed by atoms with Gasteiger partial charge in [0, 0.05) is 13.1 Å². The minimum absolute atomic E-state index is 0.0664. The summed E-state index contributed by atoms with van der Waals surface area (Å²) in [5.41, 5.74) is -0.838. The monoisotopic (exact) mass is 266 g/mol. The van der Waals surface area contributed by atoms with Crippen LogP contribution >= 0.6 is 0 Å². The molecule has 1 amide bonds. The molecule has 1 N–H and O–H groups in total. The van der Waals surface area contributed by atoms with Crippen LogP contribution in [0.5, 0.6) is 0 Å². The number of carbonyl (C=O) groups is 1. The molecule has 5 heteroatoms. The van der Waals surface area contributed by atoms with E-state index in [2.05, 4.69) is 6.07 Å². The number of aliphatic hydroxyl groups is 1. The molecule has 2 aliphatic rings. The summed E-state index contributed by atoms with van der Waals surface area (Å²) in [4.78, 5) is 14.4. The molecule has 106 valence electrons. The van der Waals surface area contributed by atoms with E-state index in [0.29, 0.717) is 25.9 Å². The van der Waals surface area contributed by atoms with E-state index in [0.717, 1.165) is 19.3 Å². The van der Waals surface area contributed by atoms with E-state index in [1.54, 1.807) is 4.90 Å². The number of ether oxygens (including phenoxy) is 1. The van der Waals surface area contributed by atoms with E-state index < -0.39 is 5.41 Å². The Kier molecular flexibility index (Phi) is 4.43. The van der Waals surface area contributed by atoms with Gasteiger partial charge in [-0.25, -0.2) is 0 Å². The number of nitrogens with zero attached hydrogens (tertiary/aromatic N) is 2. The maximum Gasteiger partial charge on any atom is 0.243 e. The van der Waals surface area contributed by atoms with Crippen LogP contribution in [0.25, 0.3) is 0 Å². The lowest BCUT2D eigenvalue weighted by atomic mass is 9.74. The van der Waals surface area contributed by atoms with E-state index in [1.807, 2.05) is 6.92 Å². The lowest BCUT2D eigenvalue weighted by Gasteiger charge is -2.40. The summed E-state index contributed by atoms with van der Waals surface area (Å²) in [6, 6.07) is 2.27. The zero-order chi connectivity index (χ0) is 13.9. The van der Waals surface area contributed by atoms with Crippen molar-refractivity contribution in [2.45, 2.75) is 51.2 Å². The highest BCUT2D eigenvalue weighted by atomic mass is 16.5. The fourth-order valence-corrected chi connectivity index (χ4v) is 3.14. The molecule has 2 atom stereocenters. The second-order valence-electron chi connectivity index (χ2n) is 5.72. The number of nitriles is 1. The van der Waals surface area contributed by atoms with Crippen LogP contribution in [0, 0.1) is 16.7 Å². The highest BCUT2D eigenvalue weighted by Crippen LogP contribution is 2.38. The molecular formula is C14H22N2O3. The van der Waals surface area contributed by atoms with Gasteiger partial charge in [0.1, 0.15) is 5.41 Å². The van der Waals surface area contributed by atoms with Gasteiger partial charge in [-0.1, -0.05) is 19.3 Å². The molecule has 2 unspecified atom stereocenters. The molecule has 0 aromatic heterocycles. The van der Waals surface area contributed by atoms with Gasteiger partial charge in [-0.2, -0.15) is 5.26 Å². The second-order valence-corrected chi connectivity index (χ2v) is 5.72. The Bertz CT molecular complexity index is 371. The summed E-state index contributed by atoms with van der Waals surface area (Å²) in [6.07, 6.45) is 3.91. The Hall–Kier alpha value is -1.12. The Morgan fingerprint density at radius 3 is 2.68 bits per heavy atom. The van der Waals surface area contributed by atoms with Crippen LogP contribution in [0.3, 0.4) is 0 Å². The molecule has 0 radical (unpaired) electrons. The van der Waals surface area contributed by atoms with Crippen molar-refractivity contribution < 1.29 is 14.6 Å². The van der Waals surface area contributed by atoms with Crippen molar-refractivity contribution in [3.05, 3.63) is 0 Å². The van der Waals surface area contributed by atoms with Crippen LogP contribution in [0.2, 0.25) is 0 Å². The molecular weight excluding hydrogens is 244 g/mol. The summed E-state index contributed by atoms with van der Waals surface area (Å²) in [6.45, 7) is 2.71. The number of amides is 1. The first-order chi connectivity index (χ1) is 9.11. The van der Waals surface area contributed by atoms with Gasteiger partial charge in [-0.05, 0) is 19.8 Å². The topological polar surface area (TPSA) is 73.6 Å². The number of rotatable bonds is 2. The standard InChI is InChI=1S/C14H22N2O3/c1-11-7-16(8-12(9-17)19-11)13(18)14(10-15)5-3-2-4-6-14/h11-12,17H,2-9H2,1H3. The summed E-state index contributed by atoms with van der Waals surface area (Å²) >= 11 is 0. The van der Waals surface area contributed by atoms with E-state index in [9.17, 15) is 15.2 Å². The molecule has 1 saturated carbocycles. The van der Waals surface area contributed by atoms with Crippen molar-refractivity contribution in [1.29, 1.82) is 5.26 Å². The zero-order valence-corrected chi connectivity index (χ0v) is 11.5. The van der Waals surface area contributed by atoms with E-state index >= 15 is 0 Å². The third kappa shape index (κ3) is 2.90. The predicted molar refractivity (Wildman–Crippen MR) is 69.1 cm³/mol. The quantitative estimate of drug-likeness (QED) is 0.811. The average molecular weight is 266 g/mol. The smallest absolute Gasteiger partial charge is 0.243 e. The second kappa shape index (κ2) is 5.89. The molecule has 19 heavy (non-hydrogen) atoms. The zero-order valence-electron chi connectivity index (χ0n) is 11.5. The normalized spacial score (nSPS) is 30.7. The number of morpholine rings is 1. The first-order valence-corrected chi connectivity index (χ1v) is 7.08. The Morgan fingerprint density at radius 2 is 2.11 bits per heavy atom. The minimum atomic E-state index is -0.838. The number of hydrogen-bond donors (Lipinski definition) is 1. The molecule has 1 aliphatic carbocycles. The Labute approximate surface area is 114 Å². The number of hydrogen-bond acceptors (Lipinski definition) is 4. The van der Waals surface area contributed by atoms with Crippen LogP contribution in [0.4, 0.5) is 0 Å². The summed E-state index contributed by atoms with van der Waals surface area (Å²) < 4.78 is 5.54. The SMILES string of the molecule is CC1CN(C(=O)C2(C#N)CCCCC2)CC(CO)O1. The molecule has 0 aromatic rings. The fraction of sp³-hybridized carbons (Fsp3) is 0.857. The van der Waals surface area contributed by atoms with Gasteiger partial charge in [0.05, 0.1) is 24.9 Å². The molecule has 1 heterocycles.